The summed E-state index contributed by atoms with van der Waals surface area (Å²) in [4.78, 5) is 11.3. The maximum Gasteiger partial charge on any atom is 0.405 e. The molecule has 14 heavy (non-hydrogen) atoms. The molecule has 3 N–H and O–H groups in total. The van der Waals surface area contributed by atoms with Gasteiger partial charge in [-0.25, -0.2) is 0 Å². The van der Waals surface area contributed by atoms with Crippen molar-refractivity contribution in [2.24, 2.45) is 11.7 Å². The minimum absolute atomic E-state index is 0.0238. The second kappa shape index (κ2) is 3.42. The van der Waals surface area contributed by atoms with Crippen molar-refractivity contribution in [3.05, 3.63) is 0 Å². The highest BCUT2D eigenvalue weighted by Gasteiger charge is 2.44. The molecule has 0 saturated heterocycles. The van der Waals surface area contributed by atoms with Gasteiger partial charge in [0.05, 0.1) is 5.54 Å². The first-order valence-corrected chi connectivity index (χ1v) is 4.37. The molecule has 1 fully saturated rings. The monoisotopic (exact) mass is 210 g/mol. The van der Waals surface area contributed by atoms with Crippen LogP contribution in [-0.2, 0) is 4.79 Å². The van der Waals surface area contributed by atoms with Gasteiger partial charge in [0, 0.05) is 0 Å². The fraction of sp³-hybridized carbons (Fsp3) is 0.875. The Kier molecular flexibility index (Phi) is 2.76. The summed E-state index contributed by atoms with van der Waals surface area (Å²) in [6.45, 7) is 0.154. The molecular formula is C8H13F3N2O. The number of carbonyl (C=O) groups excluding carboxylic acids is 1. The van der Waals surface area contributed by atoms with Crippen LogP contribution in [0.2, 0.25) is 0 Å². The standard InChI is InChI=1S/C8H13F3N2O/c1-7(12,5-2-3-5)6(14)13-4-8(9,10)11/h5H,2-4,12H2,1H3,(H,13,14). The second-order valence-electron chi connectivity index (χ2n) is 3.85. The molecule has 82 valence electrons. The number of amides is 1. The molecule has 0 aromatic heterocycles. The van der Waals surface area contributed by atoms with E-state index in [-0.39, 0.29) is 5.92 Å². The van der Waals surface area contributed by atoms with Crippen LogP contribution in [0.15, 0.2) is 0 Å². The van der Waals surface area contributed by atoms with E-state index in [2.05, 4.69) is 0 Å². The van der Waals surface area contributed by atoms with Gasteiger partial charge in [-0.3, -0.25) is 4.79 Å². The van der Waals surface area contributed by atoms with E-state index < -0.39 is 24.2 Å². The van der Waals surface area contributed by atoms with Gasteiger partial charge >= 0.3 is 6.18 Å². The van der Waals surface area contributed by atoms with Crippen molar-refractivity contribution in [2.75, 3.05) is 6.54 Å². The van der Waals surface area contributed by atoms with Crippen LogP contribution in [-0.4, -0.2) is 24.2 Å². The highest BCUT2D eigenvalue weighted by molar-refractivity contribution is 5.86. The van der Waals surface area contributed by atoms with Crippen LogP contribution in [0.3, 0.4) is 0 Å². The van der Waals surface area contributed by atoms with Gasteiger partial charge in [-0.2, -0.15) is 13.2 Å². The van der Waals surface area contributed by atoms with E-state index in [0.717, 1.165) is 12.8 Å². The molecule has 6 heteroatoms. The van der Waals surface area contributed by atoms with Gasteiger partial charge in [-0.05, 0) is 25.7 Å². The van der Waals surface area contributed by atoms with Crippen LogP contribution in [0.5, 0.6) is 0 Å². The first-order valence-electron chi connectivity index (χ1n) is 4.37. The molecule has 3 nitrogen and oxygen atoms in total. The average Bonchev–Trinajstić information content (AvgIpc) is 2.80. The van der Waals surface area contributed by atoms with Crippen molar-refractivity contribution < 1.29 is 18.0 Å². The lowest BCUT2D eigenvalue weighted by Gasteiger charge is -2.23. The van der Waals surface area contributed by atoms with E-state index in [9.17, 15) is 18.0 Å². The van der Waals surface area contributed by atoms with E-state index in [0.29, 0.717) is 0 Å². The van der Waals surface area contributed by atoms with Gasteiger partial charge in [-0.1, -0.05) is 0 Å². The average molecular weight is 210 g/mol. The molecule has 0 heterocycles. The van der Waals surface area contributed by atoms with Crippen molar-refractivity contribution in [1.29, 1.82) is 0 Å². The summed E-state index contributed by atoms with van der Waals surface area (Å²) >= 11 is 0. The van der Waals surface area contributed by atoms with Gasteiger partial charge in [-0.15, -0.1) is 0 Å². The van der Waals surface area contributed by atoms with Crippen LogP contribution in [0.4, 0.5) is 13.2 Å². The van der Waals surface area contributed by atoms with E-state index in [1.165, 1.54) is 6.92 Å². The second-order valence-corrected chi connectivity index (χ2v) is 3.85. The first-order chi connectivity index (χ1) is 6.23. The number of halogens is 3. The van der Waals surface area contributed by atoms with Crippen LogP contribution >= 0.6 is 0 Å². The predicted octanol–water partition coefficient (Wildman–Crippen LogP) is 0.792. The Hall–Kier alpha value is -0.780. The molecule has 1 saturated carbocycles. The van der Waals surface area contributed by atoms with Crippen molar-refractivity contribution in [2.45, 2.75) is 31.5 Å². The van der Waals surface area contributed by atoms with Crippen molar-refractivity contribution in [3.63, 3.8) is 0 Å². The van der Waals surface area contributed by atoms with E-state index in [4.69, 9.17) is 5.73 Å². The van der Waals surface area contributed by atoms with Gasteiger partial charge in [0.15, 0.2) is 0 Å². The Labute approximate surface area is 79.8 Å². The van der Waals surface area contributed by atoms with Crippen molar-refractivity contribution in [1.82, 2.24) is 5.32 Å². The molecule has 1 aliphatic rings. The third-order valence-corrected chi connectivity index (χ3v) is 2.36. The minimum atomic E-state index is -4.38. The third-order valence-electron chi connectivity index (χ3n) is 2.36. The maximum atomic E-state index is 11.8. The fourth-order valence-corrected chi connectivity index (χ4v) is 1.24. The lowest BCUT2D eigenvalue weighted by Crippen LogP contribution is -2.54. The van der Waals surface area contributed by atoms with Crippen molar-refractivity contribution >= 4 is 5.91 Å². The molecule has 0 aliphatic heterocycles. The molecule has 1 rings (SSSR count). The third kappa shape index (κ3) is 2.87. The Morgan fingerprint density at radius 1 is 1.50 bits per heavy atom. The summed E-state index contributed by atoms with van der Waals surface area (Å²) in [5.41, 5.74) is 4.45. The number of carbonyl (C=O) groups is 1. The molecule has 1 unspecified atom stereocenters. The molecule has 0 bridgehead atoms. The number of nitrogens with one attached hydrogen (secondary N) is 1. The van der Waals surface area contributed by atoms with Crippen LogP contribution in [0, 0.1) is 5.92 Å². The number of rotatable bonds is 3. The maximum absolute atomic E-state index is 11.8. The van der Waals surface area contributed by atoms with Gasteiger partial charge in [0.2, 0.25) is 5.91 Å². The molecule has 0 aromatic rings. The molecule has 1 atom stereocenters. The van der Waals surface area contributed by atoms with Gasteiger partial charge in [0.1, 0.15) is 6.54 Å². The van der Waals surface area contributed by atoms with E-state index in [1.807, 2.05) is 0 Å². The minimum Gasteiger partial charge on any atom is -0.345 e. The Bertz CT molecular complexity index is 233. The Balaban J connectivity index is 2.41. The lowest BCUT2D eigenvalue weighted by atomic mass is 9.96. The highest BCUT2D eigenvalue weighted by Crippen LogP contribution is 2.38. The predicted molar refractivity (Wildman–Crippen MR) is 44.4 cm³/mol. The van der Waals surface area contributed by atoms with Crippen LogP contribution < -0.4 is 11.1 Å². The molecule has 0 radical (unpaired) electrons. The fourth-order valence-electron chi connectivity index (χ4n) is 1.24. The van der Waals surface area contributed by atoms with Gasteiger partial charge < -0.3 is 11.1 Å². The summed E-state index contributed by atoms with van der Waals surface area (Å²) in [5, 5.41) is 1.80. The zero-order valence-electron chi connectivity index (χ0n) is 7.82. The summed E-state index contributed by atoms with van der Waals surface area (Å²) in [5.74, 6) is -0.701. The number of alkyl halides is 3. The summed E-state index contributed by atoms with van der Waals surface area (Å²) in [6.07, 6.45) is -2.76. The number of hydrogen-bond acceptors (Lipinski definition) is 2. The molecule has 0 spiro atoms. The smallest absolute Gasteiger partial charge is 0.345 e. The molecule has 0 aromatic carbocycles. The molecular weight excluding hydrogens is 197 g/mol. The van der Waals surface area contributed by atoms with E-state index >= 15 is 0 Å². The zero-order chi connectivity index (χ0) is 11.0. The summed E-state index contributed by atoms with van der Waals surface area (Å²) < 4.78 is 35.3. The van der Waals surface area contributed by atoms with Gasteiger partial charge in [0.25, 0.3) is 0 Å². The zero-order valence-corrected chi connectivity index (χ0v) is 7.82. The van der Waals surface area contributed by atoms with Crippen molar-refractivity contribution in [3.8, 4) is 0 Å². The molecule has 1 amide bonds. The Morgan fingerprint density at radius 2 is 2.00 bits per heavy atom. The highest BCUT2D eigenvalue weighted by atomic mass is 19.4. The summed E-state index contributed by atoms with van der Waals surface area (Å²) in [6, 6.07) is 0. The van der Waals surface area contributed by atoms with E-state index in [1.54, 1.807) is 5.32 Å². The quantitative estimate of drug-likeness (QED) is 0.723. The molecule has 1 aliphatic carbocycles. The summed E-state index contributed by atoms with van der Waals surface area (Å²) in [7, 11) is 0. The Morgan fingerprint density at radius 3 is 2.36 bits per heavy atom. The largest absolute Gasteiger partial charge is 0.405 e. The number of nitrogens with two attached hydrogens (primary N) is 1. The lowest BCUT2D eigenvalue weighted by molar-refractivity contribution is -0.141. The normalized spacial score (nSPS) is 21.5. The topological polar surface area (TPSA) is 55.1 Å². The van der Waals surface area contributed by atoms with Crippen LogP contribution in [0.1, 0.15) is 19.8 Å². The first kappa shape index (κ1) is 11.3. The number of hydrogen-bond donors (Lipinski definition) is 2. The SMILES string of the molecule is CC(N)(C(=O)NCC(F)(F)F)C1CC1. The van der Waals surface area contributed by atoms with Crippen LogP contribution in [0.25, 0.3) is 0 Å².